The molecule has 0 aliphatic carbocycles. The third-order valence-corrected chi connectivity index (χ3v) is 2.92. The van der Waals surface area contributed by atoms with Gasteiger partial charge in [0, 0.05) is 18.5 Å². The molecule has 17 heavy (non-hydrogen) atoms. The maximum absolute atomic E-state index is 11.0. The number of carbonyl (C=O) groups is 1. The molecule has 0 aliphatic heterocycles. The van der Waals surface area contributed by atoms with Crippen LogP contribution in [0, 0.1) is 0 Å². The van der Waals surface area contributed by atoms with Crippen LogP contribution in [0.1, 0.15) is 12.8 Å². The zero-order valence-corrected chi connectivity index (χ0v) is 11.8. The molecule has 0 radical (unpaired) electrons. The number of nitrogens with two attached hydrogens (primary N) is 1. The normalized spacial score (nSPS) is 10.1. The summed E-state index contributed by atoms with van der Waals surface area (Å²) < 4.78 is 6.22. The Hall–Kier alpha value is -0.940. The number of carbonyl (C=O) groups excluding carboxylic acids is 1. The molecule has 1 aromatic carbocycles. The summed E-state index contributed by atoms with van der Waals surface area (Å²) in [6.07, 6.45) is 1.07. The molecule has 0 bridgehead atoms. The lowest BCUT2D eigenvalue weighted by Crippen LogP contribution is -2.18. The fourth-order valence-corrected chi connectivity index (χ4v) is 2.21. The standard InChI is InChI=1S/C11H14BrClN2O2/c1-15-10(16)3-2-4-17-11-8(12)5-7(13)6-9(11)14/h5-6H,2-4,14H2,1H3,(H,15,16). The lowest BCUT2D eigenvalue weighted by Gasteiger charge is -2.11. The number of hydrogen-bond donors (Lipinski definition) is 2. The Bertz CT molecular complexity index is 389. The molecule has 4 nitrogen and oxygen atoms in total. The van der Waals surface area contributed by atoms with Gasteiger partial charge in [0.15, 0.2) is 5.75 Å². The first-order valence-electron chi connectivity index (χ1n) is 5.12. The second-order valence-corrected chi connectivity index (χ2v) is 4.72. The number of halogens is 2. The highest BCUT2D eigenvalue weighted by molar-refractivity contribution is 9.10. The second kappa shape index (κ2) is 6.71. The van der Waals surface area contributed by atoms with Gasteiger partial charge in [0.2, 0.25) is 5.91 Å². The average Bonchev–Trinajstić information content (AvgIpc) is 2.26. The van der Waals surface area contributed by atoms with Gasteiger partial charge in [-0.2, -0.15) is 0 Å². The van der Waals surface area contributed by atoms with Crippen molar-refractivity contribution in [3.63, 3.8) is 0 Å². The summed E-state index contributed by atoms with van der Waals surface area (Å²) in [6.45, 7) is 0.428. The van der Waals surface area contributed by atoms with Crippen LogP contribution in [0.3, 0.4) is 0 Å². The van der Waals surface area contributed by atoms with Crippen LogP contribution in [-0.4, -0.2) is 19.6 Å². The summed E-state index contributed by atoms with van der Waals surface area (Å²) in [6, 6.07) is 3.34. The number of anilines is 1. The molecule has 0 aromatic heterocycles. The van der Waals surface area contributed by atoms with Gasteiger partial charge in [0.05, 0.1) is 16.8 Å². The molecule has 6 heteroatoms. The van der Waals surface area contributed by atoms with E-state index >= 15 is 0 Å². The predicted octanol–water partition coefficient (Wildman–Crippen LogP) is 2.59. The number of hydrogen-bond acceptors (Lipinski definition) is 3. The van der Waals surface area contributed by atoms with Crippen LogP contribution in [0.5, 0.6) is 5.75 Å². The Balaban J connectivity index is 2.50. The van der Waals surface area contributed by atoms with Crippen LogP contribution in [0.4, 0.5) is 5.69 Å². The van der Waals surface area contributed by atoms with E-state index in [2.05, 4.69) is 21.2 Å². The minimum Gasteiger partial charge on any atom is -0.490 e. The molecule has 0 unspecified atom stereocenters. The zero-order valence-electron chi connectivity index (χ0n) is 9.43. The van der Waals surface area contributed by atoms with E-state index in [9.17, 15) is 4.79 Å². The highest BCUT2D eigenvalue weighted by Crippen LogP contribution is 2.34. The molecule has 0 heterocycles. The van der Waals surface area contributed by atoms with Gasteiger partial charge in [-0.1, -0.05) is 11.6 Å². The fraction of sp³-hybridized carbons (Fsp3) is 0.364. The minimum atomic E-state index is -0.00302. The lowest BCUT2D eigenvalue weighted by atomic mass is 10.3. The molecule has 1 rings (SSSR count). The first-order chi connectivity index (χ1) is 8.04. The van der Waals surface area contributed by atoms with Gasteiger partial charge < -0.3 is 15.8 Å². The van der Waals surface area contributed by atoms with Gasteiger partial charge in [-0.3, -0.25) is 4.79 Å². The van der Waals surface area contributed by atoms with E-state index in [-0.39, 0.29) is 5.91 Å². The van der Waals surface area contributed by atoms with Gasteiger partial charge in [-0.05, 0) is 34.5 Å². The molecule has 0 saturated carbocycles. The van der Waals surface area contributed by atoms with Crippen molar-refractivity contribution in [2.45, 2.75) is 12.8 Å². The maximum Gasteiger partial charge on any atom is 0.219 e. The zero-order chi connectivity index (χ0) is 12.8. The van der Waals surface area contributed by atoms with E-state index < -0.39 is 0 Å². The molecule has 0 spiro atoms. The van der Waals surface area contributed by atoms with Crippen LogP contribution >= 0.6 is 27.5 Å². The van der Waals surface area contributed by atoms with Crippen LogP contribution in [0.25, 0.3) is 0 Å². The summed E-state index contributed by atoms with van der Waals surface area (Å²) in [5, 5.41) is 3.10. The molecule has 0 fully saturated rings. The van der Waals surface area contributed by atoms with Gasteiger partial charge in [-0.15, -0.1) is 0 Å². The quantitative estimate of drug-likeness (QED) is 0.647. The Labute approximate surface area is 114 Å². The average molecular weight is 322 g/mol. The van der Waals surface area contributed by atoms with Gasteiger partial charge in [0.25, 0.3) is 0 Å². The smallest absolute Gasteiger partial charge is 0.219 e. The summed E-state index contributed by atoms with van der Waals surface area (Å²) in [5.74, 6) is 0.558. The van der Waals surface area contributed by atoms with Crippen molar-refractivity contribution in [3.8, 4) is 5.75 Å². The minimum absolute atomic E-state index is 0.00302. The number of benzene rings is 1. The Morgan fingerprint density at radius 1 is 1.59 bits per heavy atom. The summed E-state index contributed by atoms with van der Waals surface area (Å²) in [4.78, 5) is 11.0. The lowest BCUT2D eigenvalue weighted by molar-refractivity contribution is -0.120. The number of rotatable bonds is 5. The van der Waals surface area contributed by atoms with E-state index in [1.54, 1.807) is 19.2 Å². The largest absolute Gasteiger partial charge is 0.490 e. The predicted molar refractivity (Wildman–Crippen MR) is 72.4 cm³/mol. The topological polar surface area (TPSA) is 64.3 Å². The van der Waals surface area contributed by atoms with Gasteiger partial charge >= 0.3 is 0 Å². The molecule has 1 aromatic rings. The molecule has 1 amide bonds. The van der Waals surface area contributed by atoms with Gasteiger partial charge in [-0.25, -0.2) is 0 Å². The summed E-state index contributed by atoms with van der Waals surface area (Å²) in [7, 11) is 1.61. The maximum atomic E-state index is 11.0. The van der Waals surface area contributed by atoms with Crippen molar-refractivity contribution in [1.82, 2.24) is 5.32 Å². The molecule has 0 atom stereocenters. The number of nitrogen functional groups attached to an aromatic ring is 1. The first kappa shape index (κ1) is 14.1. The third kappa shape index (κ3) is 4.44. The monoisotopic (exact) mass is 320 g/mol. The molecule has 0 saturated heterocycles. The van der Waals surface area contributed by atoms with E-state index in [1.807, 2.05) is 0 Å². The van der Waals surface area contributed by atoms with Gasteiger partial charge in [0.1, 0.15) is 0 Å². The second-order valence-electron chi connectivity index (χ2n) is 3.43. The van der Waals surface area contributed by atoms with Crippen LogP contribution in [-0.2, 0) is 4.79 Å². The molecular formula is C11H14BrClN2O2. The van der Waals surface area contributed by atoms with Crippen molar-refractivity contribution in [2.24, 2.45) is 0 Å². The Morgan fingerprint density at radius 3 is 2.88 bits per heavy atom. The van der Waals surface area contributed by atoms with E-state index in [0.717, 1.165) is 0 Å². The molecule has 94 valence electrons. The summed E-state index contributed by atoms with van der Waals surface area (Å²) >= 11 is 9.15. The van der Waals surface area contributed by atoms with Crippen LogP contribution < -0.4 is 15.8 Å². The first-order valence-corrected chi connectivity index (χ1v) is 6.29. The molecular weight excluding hydrogens is 307 g/mol. The highest BCUT2D eigenvalue weighted by Gasteiger charge is 2.08. The van der Waals surface area contributed by atoms with E-state index in [1.165, 1.54) is 0 Å². The Morgan fingerprint density at radius 2 is 2.29 bits per heavy atom. The SMILES string of the molecule is CNC(=O)CCCOc1c(N)cc(Cl)cc1Br. The van der Waals surface area contributed by atoms with Crippen LogP contribution in [0.15, 0.2) is 16.6 Å². The highest BCUT2D eigenvalue weighted by atomic mass is 79.9. The Kier molecular flexibility index (Phi) is 5.58. The van der Waals surface area contributed by atoms with E-state index in [0.29, 0.717) is 40.4 Å². The number of ether oxygens (including phenoxy) is 1. The van der Waals surface area contributed by atoms with Crippen LogP contribution in [0.2, 0.25) is 5.02 Å². The van der Waals surface area contributed by atoms with Crippen molar-refractivity contribution in [2.75, 3.05) is 19.4 Å². The summed E-state index contributed by atoms with van der Waals surface area (Å²) in [5.41, 5.74) is 6.25. The third-order valence-electron chi connectivity index (χ3n) is 2.11. The number of amides is 1. The van der Waals surface area contributed by atoms with Crippen molar-refractivity contribution >= 4 is 39.1 Å². The number of nitrogens with one attached hydrogen (secondary N) is 1. The molecule has 3 N–H and O–H groups in total. The molecule has 0 aliphatic rings. The van der Waals surface area contributed by atoms with Crippen molar-refractivity contribution < 1.29 is 9.53 Å². The fourth-order valence-electron chi connectivity index (χ4n) is 1.26. The van der Waals surface area contributed by atoms with Crippen molar-refractivity contribution in [3.05, 3.63) is 21.6 Å². The van der Waals surface area contributed by atoms with E-state index in [4.69, 9.17) is 22.1 Å². The van der Waals surface area contributed by atoms with Crippen molar-refractivity contribution in [1.29, 1.82) is 0 Å².